The van der Waals surface area contributed by atoms with E-state index in [9.17, 15) is 4.79 Å². The van der Waals surface area contributed by atoms with Gasteiger partial charge in [0.15, 0.2) is 5.82 Å². The van der Waals surface area contributed by atoms with Crippen LogP contribution in [0.15, 0.2) is 32.3 Å². The van der Waals surface area contributed by atoms with Crippen LogP contribution in [0.3, 0.4) is 0 Å². The van der Waals surface area contributed by atoms with Crippen LogP contribution < -0.4 is 5.82 Å². The van der Waals surface area contributed by atoms with Gasteiger partial charge in [-0.25, -0.2) is 9.78 Å². The molecule has 0 saturated heterocycles. The minimum Gasteiger partial charge on any atom is -0.399 e. The summed E-state index contributed by atoms with van der Waals surface area (Å²) in [5, 5.41) is 0. The number of aromatic amines is 1. The zero-order valence-corrected chi connectivity index (χ0v) is 5.40. The van der Waals surface area contributed by atoms with Crippen LogP contribution in [0.25, 0.3) is 11.6 Å². The molecule has 0 saturated carbocycles. The van der Waals surface area contributed by atoms with Crippen LogP contribution in [-0.4, -0.2) is 9.97 Å². The van der Waals surface area contributed by atoms with Crippen molar-refractivity contribution in [2.24, 2.45) is 0 Å². The van der Waals surface area contributed by atoms with E-state index >= 15 is 0 Å². The first kappa shape index (κ1) is 5.96. The van der Waals surface area contributed by atoms with E-state index in [1.165, 1.54) is 6.26 Å². The van der Waals surface area contributed by atoms with E-state index in [4.69, 9.17) is 0 Å². The molecule has 0 amide bonds. The van der Waals surface area contributed by atoms with Crippen molar-refractivity contribution in [1.82, 2.24) is 9.97 Å². The highest BCUT2D eigenvalue weighted by atomic mass is 16.6. The Morgan fingerprint density at radius 2 is 2.45 bits per heavy atom. The number of aromatic nitrogens is 2. The van der Waals surface area contributed by atoms with Gasteiger partial charge in [-0.1, -0.05) is 0 Å². The van der Waals surface area contributed by atoms with Crippen LogP contribution in [-0.2, 0) is 0 Å². The lowest BCUT2D eigenvalue weighted by Crippen LogP contribution is -1.85. The van der Waals surface area contributed by atoms with Crippen molar-refractivity contribution in [1.29, 1.82) is 0 Å². The summed E-state index contributed by atoms with van der Waals surface area (Å²) in [5.74, 6) is 0.0623. The van der Waals surface area contributed by atoms with Gasteiger partial charge in [0.1, 0.15) is 6.26 Å². The average Bonchev–Trinajstić information content (AvgIpc) is 2.55. The fraction of sp³-hybridized carbons (Fsp3) is 0. The Kier molecular flexibility index (Phi) is 1.15. The molecular formula is C6H4N2O3. The van der Waals surface area contributed by atoms with Gasteiger partial charge in [-0.2, -0.15) is 0 Å². The van der Waals surface area contributed by atoms with Gasteiger partial charge in [0.05, 0.1) is 0 Å². The van der Waals surface area contributed by atoms with E-state index < -0.39 is 5.82 Å². The van der Waals surface area contributed by atoms with Gasteiger partial charge in [-0.05, 0) is 0 Å². The predicted octanol–water partition coefficient (Wildman–Crippen LogP) is 0.623. The number of hydrogen-bond acceptors (Lipinski definition) is 4. The molecule has 0 aliphatic rings. The molecule has 0 aliphatic carbocycles. The maximum atomic E-state index is 10.4. The molecule has 0 radical (unpaired) electrons. The van der Waals surface area contributed by atoms with Crippen LogP contribution in [0.4, 0.5) is 0 Å². The lowest BCUT2D eigenvalue weighted by molar-refractivity contribution is 0.389. The molecule has 1 N–H and O–H groups in total. The molecule has 0 fully saturated rings. The molecule has 2 rings (SSSR count). The van der Waals surface area contributed by atoms with Crippen LogP contribution in [0, 0.1) is 0 Å². The summed E-state index contributed by atoms with van der Waals surface area (Å²) in [6.45, 7) is 0. The Bertz CT molecular complexity index is 384. The maximum absolute atomic E-state index is 10.4. The largest absolute Gasteiger partial charge is 0.519 e. The summed E-state index contributed by atoms with van der Waals surface area (Å²) in [7, 11) is 0. The number of H-pyrrole nitrogens is 1. The first-order valence-electron chi connectivity index (χ1n) is 2.94. The van der Waals surface area contributed by atoms with Gasteiger partial charge in [0.25, 0.3) is 0 Å². The highest BCUT2D eigenvalue weighted by Crippen LogP contribution is 2.10. The van der Waals surface area contributed by atoms with Crippen molar-refractivity contribution in [3.8, 4) is 11.6 Å². The second-order valence-corrected chi connectivity index (χ2v) is 1.89. The molecule has 2 aromatic heterocycles. The van der Waals surface area contributed by atoms with Gasteiger partial charge >= 0.3 is 5.82 Å². The van der Waals surface area contributed by atoms with Crippen molar-refractivity contribution >= 4 is 0 Å². The molecule has 0 aliphatic heterocycles. The first-order chi connectivity index (χ1) is 5.36. The summed E-state index contributed by atoms with van der Waals surface area (Å²) >= 11 is 0. The molecule has 0 unspecified atom stereocenters. The van der Waals surface area contributed by atoms with E-state index in [1.54, 1.807) is 12.4 Å². The summed E-state index contributed by atoms with van der Waals surface area (Å²) in [6.07, 6.45) is 4.39. The zero-order valence-electron chi connectivity index (χ0n) is 5.40. The minimum absolute atomic E-state index is 0.306. The molecule has 2 aromatic rings. The Balaban J connectivity index is 2.53. The third-order valence-electron chi connectivity index (χ3n) is 1.19. The monoisotopic (exact) mass is 152 g/mol. The molecule has 0 spiro atoms. The van der Waals surface area contributed by atoms with Crippen molar-refractivity contribution in [2.45, 2.75) is 0 Å². The molecule has 5 nitrogen and oxygen atoms in total. The number of nitrogens with one attached hydrogen (secondary N) is 1. The smallest absolute Gasteiger partial charge is 0.399 e. The highest BCUT2D eigenvalue weighted by molar-refractivity contribution is 5.42. The summed E-state index contributed by atoms with van der Waals surface area (Å²) in [4.78, 5) is 17.0. The van der Waals surface area contributed by atoms with E-state index in [0.29, 0.717) is 11.6 Å². The third kappa shape index (κ3) is 0.958. The van der Waals surface area contributed by atoms with E-state index in [0.717, 1.165) is 0 Å². The van der Waals surface area contributed by atoms with Crippen molar-refractivity contribution < 1.29 is 8.83 Å². The standard InChI is InChI=1S/C6H4N2O3/c9-6-10-3-4(11-6)5-7-1-2-8-5/h1-3H,(H,7,8). The van der Waals surface area contributed by atoms with Crippen LogP contribution in [0.2, 0.25) is 0 Å². The molecule has 0 aromatic carbocycles. The van der Waals surface area contributed by atoms with E-state index in [2.05, 4.69) is 18.8 Å². The molecule has 0 atom stereocenters. The Morgan fingerprint density at radius 1 is 1.55 bits per heavy atom. The summed E-state index contributed by atoms with van der Waals surface area (Å²) in [6, 6.07) is 0. The second kappa shape index (κ2) is 2.12. The number of rotatable bonds is 1. The lowest BCUT2D eigenvalue weighted by atomic mass is 10.5. The van der Waals surface area contributed by atoms with Crippen molar-refractivity contribution in [2.75, 3.05) is 0 Å². The van der Waals surface area contributed by atoms with Crippen molar-refractivity contribution in [3.05, 3.63) is 29.3 Å². The molecule has 2 heterocycles. The highest BCUT2D eigenvalue weighted by Gasteiger charge is 2.05. The average molecular weight is 152 g/mol. The fourth-order valence-electron chi connectivity index (χ4n) is 0.744. The zero-order chi connectivity index (χ0) is 7.68. The summed E-state index contributed by atoms with van der Waals surface area (Å²) < 4.78 is 9.02. The Morgan fingerprint density at radius 3 is 3.00 bits per heavy atom. The number of nitrogens with zero attached hydrogens (tertiary/aromatic N) is 1. The number of imidazole rings is 1. The Labute approximate surface area is 60.7 Å². The van der Waals surface area contributed by atoms with E-state index in [1.807, 2.05) is 0 Å². The normalized spacial score (nSPS) is 10.2. The quantitative estimate of drug-likeness (QED) is 0.650. The topological polar surface area (TPSA) is 72.0 Å². The van der Waals surface area contributed by atoms with Crippen LogP contribution >= 0.6 is 0 Å². The van der Waals surface area contributed by atoms with Gasteiger partial charge in [-0.15, -0.1) is 0 Å². The van der Waals surface area contributed by atoms with Gasteiger partial charge in [0, 0.05) is 12.4 Å². The lowest BCUT2D eigenvalue weighted by Gasteiger charge is -1.81. The molecule has 0 bridgehead atoms. The summed E-state index contributed by atoms with van der Waals surface area (Å²) in [5.41, 5.74) is 0. The molecule has 11 heavy (non-hydrogen) atoms. The van der Waals surface area contributed by atoms with Crippen LogP contribution in [0.1, 0.15) is 0 Å². The first-order valence-corrected chi connectivity index (χ1v) is 2.94. The minimum atomic E-state index is -0.726. The van der Waals surface area contributed by atoms with Gasteiger partial charge < -0.3 is 13.8 Å². The molecular weight excluding hydrogens is 148 g/mol. The molecule has 56 valence electrons. The maximum Gasteiger partial charge on any atom is 0.519 e. The van der Waals surface area contributed by atoms with Gasteiger partial charge in [-0.3, -0.25) is 0 Å². The fourth-order valence-corrected chi connectivity index (χ4v) is 0.744. The van der Waals surface area contributed by atoms with Gasteiger partial charge in [0.2, 0.25) is 5.76 Å². The Hall–Kier alpha value is -1.78. The predicted molar refractivity (Wildman–Crippen MR) is 34.8 cm³/mol. The second-order valence-electron chi connectivity index (χ2n) is 1.89. The SMILES string of the molecule is O=c1occ(-c2ncc[nH]2)o1. The molecule has 5 heteroatoms. The third-order valence-corrected chi connectivity index (χ3v) is 1.19. The number of hydrogen-bond donors (Lipinski definition) is 1. The van der Waals surface area contributed by atoms with Crippen LogP contribution in [0.5, 0.6) is 0 Å². The van der Waals surface area contributed by atoms with Crippen molar-refractivity contribution in [3.63, 3.8) is 0 Å². The van der Waals surface area contributed by atoms with E-state index in [-0.39, 0.29) is 0 Å².